The van der Waals surface area contributed by atoms with Gasteiger partial charge < -0.3 is 0 Å². The first-order valence-corrected chi connectivity index (χ1v) is 4.28. The van der Waals surface area contributed by atoms with E-state index >= 15 is 0 Å². The van der Waals surface area contributed by atoms with Crippen molar-refractivity contribution in [1.82, 2.24) is 10.2 Å². The van der Waals surface area contributed by atoms with Gasteiger partial charge in [0.15, 0.2) is 0 Å². The van der Waals surface area contributed by atoms with E-state index in [9.17, 15) is 17.6 Å². The molecule has 1 aromatic heterocycles. The summed E-state index contributed by atoms with van der Waals surface area (Å²) in [5.74, 6) is -4.16. The van der Waals surface area contributed by atoms with E-state index in [1.54, 1.807) is 0 Å². The molecule has 3 rings (SSSR count). The van der Waals surface area contributed by atoms with E-state index in [1.165, 1.54) is 0 Å². The first kappa shape index (κ1) is 8.26. The molecule has 0 aliphatic heterocycles. The largest absolute Gasteiger partial charge is 0.292 e. The van der Waals surface area contributed by atoms with E-state index in [0.717, 1.165) is 0 Å². The molecule has 0 radical (unpaired) electrons. The van der Waals surface area contributed by atoms with Gasteiger partial charge in [-0.2, -0.15) is 13.9 Å². The molecule has 6 heteroatoms. The Hall–Kier alpha value is -1.07. The molecule has 14 heavy (non-hydrogen) atoms. The lowest BCUT2D eigenvalue weighted by atomic mass is 10.1. The van der Waals surface area contributed by atoms with Crippen LogP contribution in [-0.4, -0.2) is 10.2 Å². The zero-order valence-electron chi connectivity index (χ0n) is 6.90. The van der Waals surface area contributed by atoms with Crippen molar-refractivity contribution in [2.24, 2.45) is 5.92 Å². The Labute approximate surface area is 76.3 Å². The predicted molar refractivity (Wildman–Crippen MR) is 38.3 cm³/mol. The first-order valence-electron chi connectivity index (χ1n) is 4.28. The van der Waals surface area contributed by atoms with Gasteiger partial charge in [0.2, 0.25) is 0 Å². The zero-order valence-corrected chi connectivity index (χ0v) is 6.90. The van der Waals surface area contributed by atoms with Crippen LogP contribution in [0, 0.1) is 5.92 Å². The minimum Gasteiger partial charge on any atom is -0.276 e. The molecule has 1 fully saturated rings. The smallest absolute Gasteiger partial charge is 0.276 e. The van der Waals surface area contributed by atoms with Crippen LogP contribution in [0.25, 0.3) is 0 Å². The van der Waals surface area contributed by atoms with Crippen molar-refractivity contribution in [2.45, 2.75) is 24.7 Å². The summed E-state index contributed by atoms with van der Waals surface area (Å²) in [4.78, 5) is 0. The van der Waals surface area contributed by atoms with Crippen LogP contribution in [0.3, 0.4) is 0 Å². The number of aromatic amines is 1. The highest BCUT2D eigenvalue weighted by Gasteiger charge is 2.66. The molecule has 0 saturated heterocycles. The highest BCUT2D eigenvalue weighted by Crippen LogP contribution is 2.67. The number of nitrogens with one attached hydrogen (secondary N) is 1. The van der Waals surface area contributed by atoms with Crippen molar-refractivity contribution >= 4 is 0 Å². The number of fused-ring (bicyclic) bond motifs is 3. The standard InChI is InChI=1S/C8H6F4N2/c9-7(10)5-4-2-1-3(2)8(11,12)6(4)14-13-5/h2-3,7H,1H2,(H,13,14)/t2-,3?/m0/s1. The van der Waals surface area contributed by atoms with Gasteiger partial charge in [0.25, 0.3) is 12.3 Å². The van der Waals surface area contributed by atoms with Crippen LogP contribution in [0.15, 0.2) is 0 Å². The van der Waals surface area contributed by atoms with Crippen molar-refractivity contribution in [1.29, 1.82) is 0 Å². The third kappa shape index (κ3) is 0.749. The Kier molecular flexibility index (Phi) is 1.25. The van der Waals surface area contributed by atoms with Crippen molar-refractivity contribution in [3.05, 3.63) is 17.0 Å². The van der Waals surface area contributed by atoms with Gasteiger partial charge in [-0.15, -0.1) is 0 Å². The molecule has 0 amide bonds. The fourth-order valence-corrected chi connectivity index (χ4v) is 2.26. The lowest BCUT2D eigenvalue weighted by molar-refractivity contribution is -0.0268. The lowest BCUT2D eigenvalue weighted by Gasteiger charge is -2.09. The lowest BCUT2D eigenvalue weighted by Crippen LogP contribution is -2.13. The third-order valence-electron chi connectivity index (χ3n) is 3.00. The molecule has 1 saturated carbocycles. The van der Waals surface area contributed by atoms with Gasteiger partial charge in [0.05, 0.1) is 0 Å². The van der Waals surface area contributed by atoms with Crippen LogP contribution < -0.4 is 0 Å². The van der Waals surface area contributed by atoms with E-state index in [1.807, 2.05) is 5.10 Å². The second kappa shape index (κ2) is 2.12. The topological polar surface area (TPSA) is 28.7 Å². The van der Waals surface area contributed by atoms with Gasteiger partial charge in [0, 0.05) is 11.5 Å². The van der Waals surface area contributed by atoms with Crippen molar-refractivity contribution in [2.75, 3.05) is 0 Å². The van der Waals surface area contributed by atoms with Gasteiger partial charge >= 0.3 is 0 Å². The zero-order chi connectivity index (χ0) is 10.1. The second-order valence-corrected chi connectivity index (χ2v) is 3.77. The molecule has 1 unspecified atom stereocenters. The first-order chi connectivity index (χ1) is 6.53. The van der Waals surface area contributed by atoms with Gasteiger partial charge in [0.1, 0.15) is 11.4 Å². The van der Waals surface area contributed by atoms with Crippen LogP contribution in [0.5, 0.6) is 0 Å². The molecule has 2 nitrogen and oxygen atoms in total. The summed E-state index contributed by atoms with van der Waals surface area (Å²) in [7, 11) is 0. The van der Waals surface area contributed by atoms with Crippen LogP contribution >= 0.6 is 0 Å². The predicted octanol–water partition coefficient (Wildman–Crippen LogP) is 2.56. The van der Waals surface area contributed by atoms with Gasteiger partial charge in [-0.1, -0.05) is 0 Å². The molecule has 1 heterocycles. The Morgan fingerprint density at radius 1 is 1.43 bits per heavy atom. The summed E-state index contributed by atoms with van der Waals surface area (Å²) in [6.45, 7) is 0. The highest BCUT2D eigenvalue weighted by molar-refractivity contribution is 5.45. The minimum absolute atomic E-state index is 0.0648. The normalized spacial score (nSPS) is 31.8. The number of nitrogens with zero attached hydrogens (tertiary/aromatic N) is 1. The van der Waals surface area contributed by atoms with E-state index < -0.39 is 35.6 Å². The highest BCUT2D eigenvalue weighted by atomic mass is 19.3. The van der Waals surface area contributed by atoms with E-state index in [0.29, 0.717) is 6.42 Å². The molecule has 2 atom stereocenters. The van der Waals surface area contributed by atoms with Crippen LogP contribution in [0.1, 0.15) is 35.7 Å². The number of alkyl halides is 4. The van der Waals surface area contributed by atoms with E-state index in [2.05, 4.69) is 5.10 Å². The Morgan fingerprint density at radius 3 is 2.79 bits per heavy atom. The maximum absolute atomic E-state index is 13.3. The Bertz CT molecular complexity index is 398. The number of hydrogen-bond acceptors (Lipinski definition) is 1. The monoisotopic (exact) mass is 206 g/mol. The molecule has 1 N–H and O–H groups in total. The molecular weight excluding hydrogens is 200 g/mol. The number of rotatable bonds is 1. The summed E-state index contributed by atoms with van der Waals surface area (Å²) < 4.78 is 51.4. The van der Waals surface area contributed by atoms with Crippen LogP contribution in [0.2, 0.25) is 0 Å². The quantitative estimate of drug-likeness (QED) is 0.703. The number of aromatic nitrogens is 2. The Balaban J connectivity index is 2.17. The average molecular weight is 206 g/mol. The molecule has 0 bridgehead atoms. The number of H-pyrrole nitrogens is 1. The summed E-state index contributed by atoms with van der Waals surface area (Å²) in [5, 5.41) is 5.29. The summed E-state index contributed by atoms with van der Waals surface area (Å²) in [6, 6.07) is 0. The minimum atomic E-state index is -2.99. The van der Waals surface area contributed by atoms with E-state index in [4.69, 9.17) is 0 Å². The Morgan fingerprint density at radius 2 is 2.14 bits per heavy atom. The second-order valence-electron chi connectivity index (χ2n) is 3.77. The van der Waals surface area contributed by atoms with Crippen molar-refractivity contribution in [3.63, 3.8) is 0 Å². The van der Waals surface area contributed by atoms with Gasteiger partial charge in [-0.05, 0) is 12.3 Å². The van der Waals surface area contributed by atoms with Gasteiger partial charge in [-0.3, -0.25) is 5.10 Å². The van der Waals surface area contributed by atoms with E-state index in [-0.39, 0.29) is 5.56 Å². The maximum atomic E-state index is 13.3. The number of halogens is 4. The molecule has 2 aliphatic carbocycles. The van der Waals surface area contributed by atoms with Gasteiger partial charge in [-0.25, -0.2) is 8.78 Å². The molecular formula is C8H6F4N2. The molecule has 1 aromatic rings. The average Bonchev–Trinajstić information content (AvgIpc) is 2.70. The van der Waals surface area contributed by atoms with Crippen LogP contribution in [-0.2, 0) is 5.92 Å². The molecule has 2 aliphatic rings. The SMILES string of the molecule is FC(F)c1n[nH]c2c1[C@H]1CC1C2(F)F. The van der Waals surface area contributed by atoms with Crippen LogP contribution in [0.4, 0.5) is 17.6 Å². The fraction of sp³-hybridized carbons (Fsp3) is 0.625. The summed E-state index contributed by atoms with van der Waals surface area (Å²) in [5.41, 5.74) is -0.825. The number of hydrogen-bond donors (Lipinski definition) is 1. The molecule has 76 valence electrons. The molecule has 0 spiro atoms. The molecule has 0 aromatic carbocycles. The summed E-state index contributed by atoms with van der Waals surface area (Å²) in [6.07, 6.45) is -2.47. The fourth-order valence-electron chi connectivity index (χ4n) is 2.26. The third-order valence-corrected chi connectivity index (χ3v) is 3.00. The summed E-state index contributed by atoms with van der Waals surface area (Å²) >= 11 is 0. The van der Waals surface area contributed by atoms with Crippen molar-refractivity contribution < 1.29 is 17.6 Å². The maximum Gasteiger partial charge on any atom is 0.292 e. The van der Waals surface area contributed by atoms with Crippen molar-refractivity contribution in [3.8, 4) is 0 Å².